The van der Waals surface area contributed by atoms with Gasteiger partial charge in [0.05, 0.1) is 6.10 Å². The molecule has 1 aliphatic rings. The predicted molar refractivity (Wildman–Crippen MR) is 86.7 cm³/mol. The lowest BCUT2D eigenvalue weighted by Crippen LogP contribution is -2.48. The van der Waals surface area contributed by atoms with Crippen LogP contribution in [0.1, 0.15) is 50.3 Å². The van der Waals surface area contributed by atoms with E-state index in [-0.39, 0.29) is 17.6 Å². The molecule has 4 nitrogen and oxygen atoms in total. The molecule has 1 saturated carbocycles. The van der Waals surface area contributed by atoms with Crippen LogP contribution in [0.2, 0.25) is 0 Å². The first kappa shape index (κ1) is 16.3. The molecule has 0 bridgehead atoms. The van der Waals surface area contributed by atoms with Crippen molar-refractivity contribution in [3.63, 3.8) is 0 Å². The smallest absolute Gasteiger partial charge is 0.314 e. The Balaban J connectivity index is 1.72. The summed E-state index contributed by atoms with van der Waals surface area (Å²) < 4.78 is 0. The number of nitrogens with one attached hydrogen (secondary N) is 2. The molecule has 1 aromatic rings. The van der Waals surface area contributed by atoms with Crippen molar-refractivity contribution in [2.24, 2.45) is 5.41 Å². The summed E-state index contributed by atoms with van der Waals surface area (Å²) in [6.45, 7) is 5.34. The van der Waals surface area contributed by atoms with Gasteiger partial charge in [-0.2, -0.15) is 0 Å². The van der Waals surface area contributed by atoms with Gasteiger partial charge < -0.3 is 15.7 Å². The Hall–Kier alpha value is -1.07. The molecule has 3 N–H and O–H groups in total. The number of amides is 2. The summed E-state index contributed by atoms with van der Waals surface area (Å²) in [5.41, 5.74) is -0.186. The Morgan fingerprint density at radius 3 is 3.00 bits per heavy atom. The Kier molecular flexibility index (Phi) is 5.65. The van der Waals surface area contributed by atoms with Crippen LogP contribution in [0.25, 0.3) is 0 Å². The Bertz CT molecular complexity index is 449. The highest BCUT2D eigenvalue weighted by Gasteiger charge is 2.35. The zero-order valence-corrected chi connectivity index (χ0v) is 13.7. The van der Waals surface area contributed by atoms with Crippen molar-refractivity contribution >= 4 is 17.4 Å². The molecule has 118 valence electrons. The van der Waals surface area contributed by atoms with Crippen LogP contribution >= 0.6 is 11.3 Å². The van der Waals surface area contributed by atoms with Gasteiger partial charge in [-0.15, -0.1) is 11.3 Å². The molecule has 3 atom stereocenters. The lowest BCUT2D eigenvalue weighted by atomic mass is 9.73. The standard InChI is InChI=1S/C16H26N2O2S/c1-12(13-6-5-9-21-13)10-17-15(20)18-11-16(2)8-4-3-7-14(16)19/h5-6,9,12,14,19H,3-4,7-8,10-11H2,1-2H3,(H2,17,18,20). The van der Waals surface area contributed by atoms with Crippen LogP contribution in [-0.2, 0) is 0 Å². The van der Waals surface area contributed by atoms with E-state index in [1.165, 1.54) is 4.88 Å². The molecule has 1 aromatic heterocycles. The first-order valence-corrected chi connectivity index (χ1v) is 8.62. The first-order valence-electron chi connectivity index (χ1n) is 7.74. The van der Waals surface area contributed by atoms with Gasteiger partial charge in [0.2, 0.25) is 0 Å². The minimum absolute atomic E-state index is 0.141. The largest absolute Gasteiger partial charge is 0.392 e. The first-order chi connectivity index (χ1) is 10.0. The summed E-state index contributed by atoms with van der Waals surface area (Å²) in [4.78, 5) is 13.2. The van der Waals surface area contributed by atoms with E-state index in [2.05, 4.69) is 35.9 Å². The van der Waals surface area contributed by atoms with Crippen molar-refractivity contribution in [2.75, 3.05) is 13.1 Å². The Morgan fingerprint density at radius 2 is 2.33 bits per heavy atom. The fourth-order valence-corrected chi connectivity index (χ4v) is 3.64. The number of carbonyl (C=O) groups is 1. The monoisotopic (exact) mass is 310 g/mol. The summed E-state index contributed by atoms with van der Waals surface area (Å²) >= 11 is 1.71. The second kappa shape index (κ2) is 7.27. The molecule has 2 rings (SSSR count). The SMILES string of the molecule is CC(CNC(=O)NCC1(C)CCCCC1O)c1cccs1. The lowest BCUT2D eigenvalue weighted by Gasteiger charge is -2.38. The zero-order chi connectivity index (χ0) is 15.3. The molecule has 3 unspecified atom stereocenters. The van der Waals surface area contributed by atoms with Crippen molar-refractivity contribution in [2.45, 2.75) is 51.6 Å². The maximum atomic E-state index is 11.9. The molecule has 1 fully saturated rings. The number of carbonyl (C=O) groups excluding carboxylic acids is 1. The maximum absolute atomic E-state index is 11.9. The molecule has 0 radical (unpaired) electrons. The predicted octanol–water partition coefficient (Wildman–Crippen LogP) is 3.09. The van der Waals surface area contributed by atoms with Gasteiger partial charge in [-0.3, -0.25) is 0 Å². The number of thiophene rings is 1. The summed E-state index contributed by atoms with van der Waals surface area (Å²) in [5.74, 6) is 0.326. The van der Waals surface area contributed by atoms with Gasteiger partial charge in [0.15, 0.2) is 0 Å². The average molecular weight is 310 g/mol. The van der Waals surface area contributed by atoms with Gasteiger partial charge >= 0.3 is 6.03 Å². The number of rotatable bonds is 5. The van der Waals surface area contributed by atoms with E-state index in [9.17, 15) is 9.90 Å². The summed E-state index contributed by atoms with van der Waals surface area (Å²) in [6, 6.07) is 3.98. The molecular formula is C16H26N2O2S. The van der Waals surface area contributed by atoms with Crippen molar-refractivity contribution in [1.82, 2.24) is 10.6 Å². The number of hydrogen-bond acceptors (Lipinski definition) is 3. The molecule has 2 amide bonds. The molecule has 0 aliphatic heterocycles. The third-order valence-electron chi connectivity index (χ3n) is 4.53. The van der Waals surface area contributed by atoms with Crippen LogP contribution in [0.3, 0.4) is 0 Å². The molecule has 5 heteroatoms. The van der Waals surface area contributed by atoms with E-state index in [0.29, 0.717) is 19.0 Å². The van der Waals surface area contributed by atoms with E-state index in [4.69, 9.17) is 0 Å². The van der Waals surface area contributed by atoms with Gasteiger partial charge in [-0.05, 0) is 24.3 Å². The van der Waals surface area contributed by atoms with Gasteiger partial charge in [-0.25, -0.2) is 4.79 Å². The van der Waals surface area contributed by atoms with Crippen molar-refractivity contribution < 1.29 is 9.90 Å². The van der Waals surface area contributed by atoms with Gasteiger partial charge in [0.25, 0.3) is 0 Å². The second-order valence-corrected chi connectivity index (χ2v) is 7.37. The minimum Gasteiger partial charge on any atom is -0.392 e. The van der Waals surface area contributed by atoms with Crippen molar-refractivity contribution in [3.8, 4) is 0 Å². The normalized spacial score (nSPS) is 27.1. The van der Waals surface area contributed by atoms with Crippen LogP contribution in [0.4, 0.5) is 4.79 Å². The average Bonchev–Trinajstić information content (AvgIpc) is 3.00. The molecule has 1 aliphatic carbocycles. The highest BCUT2D eigenvalue weighted by atomic mass is 32.1. The highest BCUT2D eigenvalue weighted by molar-refractivity contribution is 7.10. The van der Waals surface area contributed by atoms with E-state index >= 15 is 0 Å². The van der Waals surface area contributed by atoms with E-state index in [1.807, 2.05) is 6.07 Å². The molecule has 0 aromatic carbocycles. The minimum atomic E-state index is -0.309. The number of aliphatic hydroxyl groups excluding tert-OH is 1. The second-order valence-electron chi connectivity index (χ2n) is 6.40. The molecular weight excluding hydrogens is 284 g/mol. The third-order valence-corrected chi connectivity index (χ3v) is 5.63. The third kappa shape index (κ3) is 4.45. The van der Waals surface area contributed by atoms with Crippen LogP contribution < -0.4 is 10.6 Å². The van der Waals surface area contributed by atoms with Crippen molar-refractivity contribution in [3.05, 3.63) is 22.4 Å². The quantitative estimate of drug-likeness (QED) is 0.782. The molecule has 21 heavy (non-hydrogen) atoms. The van der Waals surface area contributed by atoms with Gasteiger partial charge in [0, 0.05) is 29.3 Å². The number of hydrogen-bond donors (Lipinski definition) is 3. The van der Waals surface area contributed by atoms with Gasteiger partial charge in [-0.1, -0.05) is 32.8 Å². The van der Waals surface area contributed by atoms with E-state index in [0.717, 1.165) is 25.7 Å². The van der Waals surface area contributed by atoms with E-state index in [1.54, 1.807) is 11.3 Å². The summed E-state index contributed by atoms with van der Waals surface area (Å²) in [5, 5.41) is 18.0. The maximum Gasteiger partial charge on any atom is 0.314 e. The summed E-state index contributed by atoms with van der Waals surface area (Å²) in [6.07, 6.45) is 3.72. The van der Waals surface area contributed by atoms with Crippen LogP contribution in [0.5, 0.6) is 0 Å². The fraction of sp³-hybridized carbons (Fsp3) is 0.688. The van der Waals surface area contributed by atoms with Crippen molar-refractivity contribution in [1.29, 1.82) is 0 Å². The van der Waals surface area contributed by atoms with Crippen LogP contribution in [0.15, 0.2) is 17.5 Å². The molecule has 1 heterocycles. The van der Waals surface area contributed by atoms with Crippen LogP contribution in [-0.4, -0.2) is 30.3 Å². The molecule has 0 spiro atoms. The summed E-state index contributed by atoms with van der Waals surface area (Å²) in [7, 11) is 0. The zero-order valence-electron chi connectivity index (χ0n) is 12.9. The molecule has 0 saturated heterocycles. The van der Waals surface area contributed by atoms with Crippen LogP contribution in [0, 0.1) is 5.41 Å². The highest BCUT2D eigenvalue weighted by Crippen LogP contribution is 2.35. The van der Waals surface area contributed by atoms with E-state index < -0.39 is 0 Å². The Labute approximate surface area is 131 Å². The topological polar surface area (TPSA) is 61.4 Å². The fourth-order valence-electron chi connectivity index (χ4n) is 2.85. The number of aliphatic hydroxyl groups is 1. The Morgan fingerprint density at radius 1 is 1.52 bits per heavy atom. The number of urea groups is 1. The van der Waals surface area contributed by atoms with Gasteiger partial charge in [0.1, 0.15) is 0 Å². The lowest BCUT2D eigenvalue weighted by molar-refractivity contribution is 0.00309.